The summed E-state index contributed by atoms with van der Waals surface area (Å²) in [6.07, 6.45) is 0. The van der Waals surface area contributed by atoms with Crippen LogP contribution in [0.15, 0.2) is 51.8 Å². The molecule has 0 spiro atoms. The van der Waals surface area contributed by atoms with Crippen molar-refractivity contribution < 1.29 is 31.8 Å². The van der Waals surface area contributed by atoms with E-state index in [1.165, 1.54) is 28.6 Å². The molecule has 0 aliphatic carbocycles. The number of benzene rings is 2. The minimum atomic E-state index is -3.63. The van der Waals surface area contributed by atoms with Crippen LogP contribution in [-0.2, 0) is 14.8 Å². The van der Waals surface area contributed by atoms with Crippen LogP contribution >= 0.6 is 0 Å². The number of aromatic nitrogens is 2. The molecule has 2 aromatic carbocycles. The summed E-state index contributed by atoms with van der Waals surface area (Å²) >= 11 is 0. The number of fused-ring (bicyclic) bond motifs is 1. The highest BCUT2D eigenvalue weighted by molar-refractivity contribution is 7.89. The first kappa shape index (κ1) is 20.4. The van der Waals surface area contributed by atoms with E-state index in [1.807, 2.05) is 0 Å². The molecule has 32 heavy (non-hydrogen) atoms. The van der Waals surface area contributed by atoms with E-state index in [0.29, 0.717) is 43.4 Å². The molecule has 1 N–H and O–H groups in total. The highest BCUT2D eigenvalue weighted by Gasteiger charge is 2.26. The van der Waals surface area contributed by atoms with Crippen molar-refractivity contribution in [3.05, 3.63) is 48.0 Å². The average molecular weight is 458 g/mol. The minimum absolute atomic E-state index is 0.0901. The number of sulfonamides is 1. The molecule has 2 aliphatic heterocycles. The molecule has 2 aliphatic rings. The fourth-order valence-corrected chi connectivity index (χ4v) is 4.71. The lowest BCUT2D eigenvalue weighted by Crippen LogP contribution is -2.40. The lowest BCUT2D eigenvalue weighted by molar-refractivity contribution is 0.0730. The maximum absolute atomic E-state index is 12.7. The van der Waals surface area contributed by atoms with Crippen LogP contribution in [-0.4, -0.2) is 61.9 Å². The third-order valence-electron chi connectivity index (χ3n) is 4.99. The highest BCUT2D eigenvalue weighted by atomic mass is 32.2. The molecule has 0 radical (unpaired) electrons. The summed E-state index contributed by atoms with van der Waals surface area (Å²) in [7, 11) is -3.63. The molecule has 0 unspecified atom stereocenters. The van der Waals surface area contributed by atoms with Crippen LogP contribution in [0.3, 0.4) is 0 Å². The predicted octanol–water partition coefficient (Wildman–Crippen LogP) is 1.74. The summed E-state index contributed by atoms with van der Waals surface area (Å²) in [5.41, 5.74) is 0.855. The third-order valence-corrected chi connectivity index (χ3v) is 6.90. The molecule has 1 saturated heterocycles. The van der Waals surface area contributed by atoms with Gasteiger partial charge in [0.15, 0.2) is 11.5 Å². The Bertz CT molecular complexity index is 1250. The van der Waals surface area contributed by atoms with E-state index < -0.39 is 15.9 Å². The quantitative estimate of drug-likeness (QED) is 0.607. The number of rotatable bonds is 5. The minimum Gasteiger partial charge on any atom is -0.454 e. The van der Waals surface area contributed by atoms with E-state index in [4.69, 9.17) is 18.6 Å². The Hall–Kier alpha value is -3.48. The van der Waals surface area contributed by atoms with Gasteiger partial charge in [0.1, 0.15) is 0 Å². The van der Waals surface area contributed by atoms with Crippen molar-refractivity contribution >= 4 is 21.9 Å². The van der Waals surface area contributed by atoms with E-state index in [-0.39, 0.29) is 29.2 Å². The smallest absolute Gasteiger partial charge is 0.322 e. The number of hydrogen-bond donors (Lipinski definition) is 1. The molecule has 12 heteroatoms. The number of carbonyl (C=O) groups excluding carboxylic acids is 1. The van der Waals surface area contributed by atoms with E-state index >= 15 is 0 Å². The van der Waals surface area contributed by atoms with Gasteiger partial charge >= 0.3 is 6.01 Å². The molecule has 1 fully saturated rings. The van der Waals surface area contributed by atoms with Gasteiger partial charge in [-0.2, -0.15) is 4.31 Å². The van der Waals surface area contributed by atoms with Gasteiger partial charge in [-0.1, -0.05) is 5.10 Å². The van der Waals surface area contributed by atoms with Gasteiger partial charge in [0.05, 0.1) is 18.1 Å². The largest absolute Gasteiger partial charge is 0.454 e. The molecular formula is C20H18N4O7S. The van der Waals surface area contributed by atoms with Crippen molar-refractivity contribution in [3.8, 4) is 23.0 Å². The van der Waals surface area contributed by atoms with Crippen LogP contribution in [0.25, 0.3) is 11.5 Å². The Morgan fingerprint density at radius 3 is 2.50 bits per heavy atom. The maximum Gasteiger partial charge on any atom is 0.322 e. The van der Waals surface area contributed by atoms with Gasteiger partial charge in [-0.3, -0.25) is 10.1 Å². The first-order chi connectivity index (χ1) is 15.5. The predicted molar refractivity (Wildman–Crippen MR) is 110 cm³/mol. The van der Waals surface area contributed by atoms with Crippen molar-refractivity contribution in [2.45, 2.75) is 4.90 Å². The molecule has 0 bridgehead atoms. The Morgan fingerprint density at radius 1 is 0.969 bits per heavy atom. The van der Waals surface area contributed by atoms with Crippen molar-refractivity contribution in [3.63, 3.8) is 0 Å². The molecular weight excluding hydrogens is 440 g/mol. The Balaban J connectivity index is 1.27. The average Bonchev–Trinajstić information content (AvgIpc) is 3.48. The molecule has 1 amide bonds. The molecule has 0 saturated carbocycles. The molecule has 0 atom stereocenters. The van der Waals surface area contributed by atoms with Gasteiger partial charge < -0.3 is 18.6 Å². The lowest BCUT2D eigenvalue weighted by atomic mass is 10.2. The second-order valence-corrected chi connectivity index (χ2v) is 8.91. The number of anilines is 1. The van der Waals surface area contributed by atoms with E-state index in [2.05, 4.69) is 15.5 Å². The molecule has 166 valence electrons. The molecule has 5 rings (SSSR count). The van der Waals surface area contributed by atoms with Gasteiger partial charge in [-0.15, -0.1) is 5.10 Å². The summed E-state index contributed by atoms with van der Waals surface area (Å²) in [6, 6.07) is 10.7. The highest BCUT2D eigenvalue weighted by Crippen LogP contribution is 2.35. The number of nitrogens with zero attached hydrogens (tertiary/aromatic N) is 3. The lowest BCUT2D eigenvalue weighted by Gasteiger charge is -2.26. The number of hydrogen-bond acceptors (Lipinski definition) is 9. The number of ether oxygens (including phenoxy) is 3. The molecule has 3 heterocycles. The van der Waals surface area contributed by atoms with Gasteiger partial charge in [0.25, 0.3) is 5.91 Å². The van der Waals surface area contributed by atoms with Gasteiger partial charge in [-0.25, -0.2) is 8.42 Å². The van der Waals surface area contributed by atoms with Crippen LogP contribution in [0.1, 0.15) is 10.4 Å². The van der Waals surface area contributed by atoms with Crippen molar-refractivity contribution in [1.29, 1.82) is 0 Å². The van der Waals surface area contributed by atoms with Crippen molar-refractivity contribution in [1.82, 2.24) is 14.5 Å². The normalized spacial score (nSPS) is 16.1. The van der Waals surface area contributed by atoms with E-state index in [0.717, 1.165) is 0 Å². The number of amides is 1. The Kier molecular flexibility index (Phi) is 5.25. The zero-order valence-electron chi connectivity index (χ0n) is 16.7. The second-order valence-electron chi connectivity index (χ2n) is 6.98. The molecule has 11 nitrogen and oxygen atoms in total. The Labute approximate surface area is 182 Å². The monoisotopic (exact) mass is 458 g/mol. The van der Waals surface area contributed by atoms with Gasteiger partial charge in [-0.05, 0) is 42.5 Å². The van der Waals surface area contributed by atoms with Crippen molar-refractivity contribution in [2.24, 2.45) is 0 Å². The summed E-state index contributed by atoms with van der Waals surface area (Å²) in [6.45, 7) is 1.47. The summed E-state index contributed by atoms with van der Waals surface area (Å²) in [5, 5.41) is 10.3. The fraction of sp³-hybridized carbons (Fsp3) is 0.250. The van der Waals surface area contributed by atoms with Gasteiger partial charge in [0, 0.05) is 24.2 Å². The Morgan fingerprint density at radius 2 is 1.72 bits per heavy atom. The summed E-state index contributed by atoms with van der Waals surface area (Å²) in [4.78, 5) is 12.6. The summed E-state index contributed by atoms with van der Waals surface area (Å²) in [5.74, 6) is 0.881. The van der Waals surface area contributed by atoms with Crippen LogP contribution in [0.2, 0.25) is 0 Å². The number of carbonyl (C=O) groups is 1. The molecule has 3 aromatic rings. The van der Waals surface area contributed by atoms with E-state index in [9.17, 15) is 13.2 Å². The van der Waals surface area contributed by atoms with Crippen LogP contribution < -0.4 is 14.8 Å². The topological polar surface area (TPSA) is 133 Å². The number of nitrogens with one attached hydrogen (secondary N) is 1. The first-order valence-corrected chi connectivity index (χ1v) is 11.2. The second kappa shape index (κ2) is 8.22. The molecule has 1 aromatic heterocycles. The van der Waals surface area contributed by atoms with Crippen LogP contribution in [0, 0.1) is 0 Å². The first-order valence-electron chi connectivity index (χ1n) is 9.73. The standard InChI is InChI=1S/C20H18N4O7S/c25-18(13-1-4-15(5-2-13)32(26,27)24-7-9-28-10-8-24)21-20-23-22-19(31-20)14-3-6-16-17(11-14)30-12-29-16/h1-6,11H,7-10,12H2,(H,21,23,25). The van der Waals surface area contributed by atoms with Crippen LogP contribution in [0.5, 0.6) is 11.5 Å². The van der Waals surface area contributed by atoms with Crippen LogP contribution in [0.4, 0.5) is 6.01 Å². The SMILES string of the molecule is O=C(Nc1nnc(-c2ccc3c(c2)OCO3)o1)c1ccc(S(=O)(=O)N2CCOCC2)cc1. The third kappa shape index (κ3) is 3.90. The number of morpholine rings is 1. The zero-order valence-corrected chi connectivity index (χ0v) is 17.5. The van der Waals surface area contributed by atoms with Crippen molar-refractivity contribution in [2.75, 3.05) is 38.4 Å². The fourth-order valence-electron chi connectivity index (χ4n) is 3.30. The van der Waals surface area contributed by atoms with E-state index in [1.54, 1.807) is 18.2 Å². The zero-order chi connectivity index (χ0) is 22.1. The summed E-state index contributed by atoms with van der Waals surface area (Å²) < 4.78 is 48.0. The maximum atomic E-state index is 12.7. The van der Waals surface area contributed by atoms with Gasteiger partial charge in [0.2, 0.25) is 22.7 Å².